The highest BCUT2D eigenvalue weighted by Gasteiger charge is 2.34. The fraction of sp³-hybridized carbons (Fsp3) is 0.385. The number of carbonyl (C=O) groups excluding carboxylic acids is 2. The van der Waals surface area contributed by atoms with E-state index in [-0.39, 0.29) is 12.0 Å². The maximum Gasteiger partial charge on any atom is 0.338 e. The molecule has 2 amide bonds. The number of esters is 1. The average Bonchev–Trinajstić information content (AvgIpc) is 2.63. The number of nitrogens with zero attached hydrogens (tertiary/aromatic N) is 1. The van der Waals surface area contributed by atoms with E-state index in [4.69, 9.17) is 4.74 Å². The van der Waals surface area contributed by atoms with Crippen LogP contribution < -0.4 is 15.8 Å². The molecule has 102 valence electrons. The first-order valence-corrected chi connectivity index (χ1v) is 6.10. The van der Waals surface area contributed by atoms with Crippen LogP contribution in [0.25, 0.3) is 0 Å². The molecule has 1 aliphatic heterocycles. The predicted octanol–water partition coefficient (Wildman–Crippen LogP) is 1.63. The molecule has 6 heteroatoms. The molecule has 1 heterocycles. The lowest BCUT2D eigenvalue weighted by molar-refractivity contribution is 0.0526. The average molecular weight is 263 g/mol. The molecular formula is C13H17N3O3. The Morgan fingerprint density at radius 1 is 1.32 bits per heavy atom. The summed E-state index contributed by atoms with van der Waals surface area (Å²) in [4.78, 5) is 23.3. The van der Waals surface area contributed by atoms with Crippen molar-refractivity contribution in [2.24, 2.45) is 0 Å². The van der Waals surface area contributed by atoms with Gasteiger partial charge in [0.2, 0.25) is 0 Å². The van der Waals surface area contributed by atoms with Crippen molar-refractivity contribution in [1.82, 2.24) is 10.7 Å². The summed E-state index contributed by atoms with van der Waals surface area (Å²) in [5.74, 6) is -0.367. The van der Waals surface area contributed by atoms with Gasteiger partial charge in [-0.2, -0.15) is 0 Å². The molecule has 2 rings (SSSR count). The maximum absolute atomic E-state index is 11.8. The third kappa shape index (κ3) is 2.85. The van der Waals surface area contributed by atoms with Crippen LogP contribution in [0.2, 0.25) is 0 Å². The van der Waals surface area contributed by atoms with E-state index in [9.17, 15) is 9.59 Å². The van der Waals surface area contributed by atoms with Crippen molar-refractivity contribution >= 4 is 17.7 Å². The van der Waals surface area contributed by atoms with Gasteiger partial charge in [-0.25, -0.2) is 20.0 Å². The van der Waals surface area contributed by atoms with Crippen molar-refractivity contribution < 1.29 is 14.3 Å². The number of hydrogen-bond acceptors (Lipinski definition) is 4. The Bertz CT molecular complexity index is 496. The van der Waals surface area contributed by atoms with Crippen molar-refractivity contribution in [3.8, 4) is 0 Å². The first-order valence-electron chi connectivity index (χ1n) is 6.10. The molecule has 0 bridgehead atoms. The third-order valence-electron chi connectivity index (χ3n) is 2.65. The van der Waals surface area contributed by atoms with E-state index in [1.807, 2.05) is 13.8 Å². The Morgan fingerprint density at radius 3 is 2.42 bits per heavy atom. The third-order valence-corrected chi connectivity index (χ3v) is 2.65. The molecule has 0 atom stereocenters. The Labute approximate surface area is 111 Å². The number of hydrazine groups is 1. The number of carbonyl (C=O) groups is 2. The molecule has 0 aliphatic carbocycles. The van der Waals surface area contributed by atoms with Gasteiger partial charge in [-0.1, -0.05) is 0 Å². The Balaban J connectivity index is 2.15. The van der Waals surface area contributed by atoms with Crippen LogP contribution in [0.4, 0.5) is 10.5 Å². The summed E-state index contributed by atoms with van der Waals surface area (Å²) in [5.41, 5.74) is 3.66. The van der Waals surface area contributed by atoms with Crippen LogP contribution in [0.5, 0.6) is 0 Å². The highest BCUT2D eigenvalue weighted by Crippen LogP contribution is 2.19. The highest BCUT2D eigenvalue weighted by molar-refractivity contribution is 5.95. The monoisotopic (exact) mass is 263 g/mol. The highest BCUT2D eigenvalue weighted by atomic mass is 16.5. The number of hydrogen-bond donors (Lipinski definition) is 2. The van der Waals surface area contributed by atoms with E-state index in [0.29, 0.717) is 17.9 Å². The van der Waals surface area contributed by atoms with Crippen LogP contribution in [0.3, 0.4) is 0 Å². The standard InChI is InChI=1S/C13H17N3O3/c1-4-19-11(17)9-5-7-10(8-6-9)16-12(18)14-13(2,3)15-16/h5-8,15H,4H2,1-3H3,(H,14,18). The molecule has 1 aliphatic rings. The van der Waals surface area contributed by atoms with Crippen molar-refractivity contribution in [1.29, 1.82) is 0 Å². The van der Waals surface area contributed by atoms with Crippen LogP contribution in [0, 0.1) is 0 Å². The van der Waals surface area contributed by atoms with Gasteiger partial charge in [-0.15, -0.1) is 0 Å². The van der Waals surface area contributed by atoms with Crippen LogP contribution in [-0.2, 0) is 4.74 Å². The quantitative estimate of drug-likeness (QED) is 0.813. The molecule has 6 nitrogen and oxygen atoms in total. The molecule has 1 fully saturated rings. The fourth-order valence-corrected chi connectivity index (χ4v) is 1.82. The van der Waals surface area contributed by atoms with E-state index in [1.54, 1.807) is 31.2 Å². The molecule has 19 heavy (non-hydrogen) atoms. The van der Waals surface area contributed by atoms with Crippen molar-refractivity contribution in [2.45, 2.75) is 26.4 Å². The molecule has 2 N–H and O–H groups in total. The predicted molar refractivity (Wildman–Crippen MR) is 70.6 cm³/mol. The number of nitrogens with one attached hydrogen (secondary N) is 2. The second-order valence-corrected chi connectivity index (χ2v) is 4.77. The number of anilines is 1. The SMILES string of the molecule is CCOC(=O)c1ccc(N2NC(C)(C)NC2=O)cc1. The lowest BCUT2D eigenvalue weighted by Crippen LogP contribution is -2.45. The molecule has 1 aromatic rings. The molecule has 0 aromatic heterocycles. The Morgan fingerprint density at radius 2 is 1.95 bits per heavy atom. The van der Waals surface area contributed by atoms with E-state index < -0.39 is 5.66 Å². The zero-order valence-corrected chi connectivity index (χ0v) is 11.2. The van der Waals surface area contributed by atoms with E-state index in [0.717, 1.165) is 0 Å². The van der Waals surface area contributed by atoms with E-state index >= 15 is 0 Å². The smallest absolute Gasteiger partial charge is 0.338 e. The lowest BCUT2D eigenvalue weighted by atomic mass is 10.2. The summed E-state index contributed by atoms with van der Waals surface area (Å²) < 4.78 is 4.90. The zero-order chi connectivity index (χ0) is 14.0. The second-order valence-electron chi connectivity index (χ2n) is 4.77. The second kappa shape index (κ2) is 4.89. The number of amides is 2. The molecule has 0 radical (unpaired) electrons. The topological polar surface area (TPSA) is 70.7 Å². The summed E-state index contributed by atoms with van der Waals surface area (Å²) in [6, 6.07) is 6.43. The van der Waals surface area contributed by atoms with Crippen molar-refractivity contribution in [3.63, 3.8) is 0 Å². The van der Waals surface area contributed by atoms with E-state index in [1.165, 1.54) is 5.01 Å². The number of ether oxygens (including phenoxy) is 1. The molecular weight excluding hydrogens is 246 g/mol. The summed E-state index contributed by atoms with van der Waals surface area (Å²) in [5, 5.41) is 4.20. The first-order chi connectivity index (χ1) is 8.93. The number of benzene rings is 1. The minimum Gasteiger partial charge on any atom is -0.462 e. The van der Waals surface area contributed by atoms with Crippen LogP contribution in [-0.4, -0.2) is 24.3 Å². The van der Waals surface area contributed by atoms with Gasteiger partial charge >= 0.3 is 12.0 Å². The summed E-state index contributed by atoms with van der Waals surface area (Å²) in [6.07, 6.45) is 0. The van der Waals surface area contributed by atoms with Crippen LogP contribution in [0.1, 0.15) is 31.1 Å². The van der Waals surface area contributed by atoms with Gasteiger partial charge in [0.05, 0.1) is 17.9 Å². The van der Waals surface area contributed by atoms with Crippen LogP contribution in [0.15, 0.2) is 24.3 Å². The van der Waals surface area contributed by atoms with Gasteiger partial charge < -0.3 is 10.1 Å². The molecule has 0 unspecified atom stereocenters. The minimum absolute atomic E-state index is 0.228. The van der Waals surface area contributed by atoms with Gasteiger partial charge in [-0.3, -0.25) is 0 Å². The van der Waals surface area contributed by atoms with E-state index in [2.05, 4.69) is 10.7 Å². The van der Waals surface area contributed by atoms with Crippen molar-refractivity contribution in [3.05, 3.63) is 29.8 Å². The Kier molecular flexibility index (Phi) is 3.44. The summed E-state index contributed by atoms with van der Waals surface area (Å²) in [7, 11) is 0. The molecule has 1 aromatic carbocycles. The fourth-order valence-electron chi connectivity index (χ4n) is 1.82. The lowest BCUT2D eigenvalue weighted by Gasteiger charge is -2.20. The normalized spacial score (nSPS) is 17.2. The molecule has 1 saturated heterocycles. The van der Waals surface area contributed by atoms with Gasteiger partial charge in [-0.05, 0) is 45.0 Å². The Hall–Kier alpha value is -2.08. The summed E-state index contributed by atoms with van der Waals surface area (Å²) in [6.45, 7) is 5.81. The molecule has 0 spiro atoms. The van der Waals surface area contributed by atoms with Gasteiger partial charge in [0, 0.05) is 0 Å². The number of rotatable bonds is 3. The first kappa shape index (κ1) is 13.4. The minimum atomic E-state index is -0.489. The van der Waals surface area contributed by atoms with Crippen molar-refractivity contribution in [2.75, 3.05) is 11.6 Å². The van der Waals surface area contributed by atoms with Gasteiger partial charge in [0.1, 0.15) is 5.66 Å². The zero-order valence-electron chi connectivity index (χ0n) is 11.2. The van der Waals surface area contributed by atoms with Crippen LogP contribution >= 0.6 is 0 Å². The van der Waals surface area contributed by atoms with Gasteiger partial charge in [0.15, 0.2) is 0 Å². The molecule has 0 saturated carbocycles. The van der Waals surface area contributed by atoms with Gasteiger partial charge in [0.25, 0.3) is 0 Å². The number of urea groups is 1. The largest absolute Gasteiger partial charge is 0.462 e. The summed E-state index contributed by atoms with van der Waals surface area (Å²) >= 11 is 0. The maximum atomic E-state index is 11.8.